The number of carbonyl (C=O) groups excluding carboxylic acids is 1. The molecular formula is C14H18ClN3OS. The average Bonchev–Trinajstić information content (AvgIpc) is 2.84. The van der Waals surface area contributed by atoms with Crippen LogP contribution < -0.4 is 0 Å². The van der Waals surface area contributed by atoms with E-state index in [0.29, 0.717) is 13.1 Å². The van der Waals surface area contributed by atoms with Crippen molar-refractivity contribution in [3.63, 3.8) is 0 Å². The topological polar surface area (TPSA) is 47.3 Å². The van der Waals surface area contributed by atoms with Gasteiger partial charge < -0.3 is 4.90 Å². The molecule has 2 heterocycles. The Labute approximate surface area is 128 Å². The summed E-state index contributed by atoms with van der Waals surface area (Å²) < 4.78 is 0.810. The first-order valence-corrected chi connectivity index (χ1v) is 7.79. The fourth-order valence-corrected chi connectivity index (χ4v) is 3.34. The lowest BCUT2D eigenvalue weighted by molar-refractivity contribution is -0.139. The Bertz CT molecular complexity index is 527. The molecule has 0 aliphatic carbocycles. The highest BCUT2D eigenvalue weighted by Crippen LogP contribution is 2.24. The van der Waals surface area contributed by atoms with Crippen LogP contribution in [0, 0.1) is 16.7 Å². The van der Waals surface area contributed by atoms with Crippen LogP contribution in [0.3, 0.4) is 0 Å². The minimum absolute atomic E-state index is 0.0705. The van der Waals surface area contributed by atoms with Crippen LogP contribution in [-0.4, -0.2) is 41.9 Å². The summed E-state index contributed by atoms with van der Waals surface area (Å²) in [5, 5.41) is 9.03. The number of nitriles is 1. The standard InChI is InChI=1S/C14H18ClN3OS/c1-14(2,10-16)13(19)18-7-5-17(6-8-18)9-11-3-4-12(15)20-11/h3-4H,5-9H2,1-2H3. The third-order valence-electron chi connectivity index (χ3n) is 3.48. The molecule has 1 amide bonds. The number of amides is 1. The van der Waals surface area contributed by atoms with Crippen molar-refractivity contribution in [2.45, 2.75) is 20.4 Å². The highest BCUT2D eigenvalue weighted by atomic mass is 35.5. The molecule has 4 nitrogen and oxygen atoms in total. The fraction of sp³-hybridized carbons (Fsp3) is 0.571. The predicted molar refractivity (Wildman–Crippen MR) is 80.6 cm³/mol. The summed E-state index contributed by atoms with van der Waals surface area (Å²) >= 11 is 7.52. The van der Waals surface area contributed by atoms with E-state index in [9.17, 15) is 4.79 Å². The molecule has 1 aliphatic heterocycles. The van der Waals surface area contributed by atoms with E-state index in [4.69, 9.17) is 16.9 Å². The summed E-state index contributed by atoms with van der Waals surface area (Å²) in [5.41, 5.74) is -0.927. The van der Waals surface area contributed by atoms with Crippen molar-refractivity contribution in [3.05, 3.63) is 21.3 Å². The van der Waals surface area contributed by atoms with Gasteiger partial charge in [0.15, 0.2) is 0 Å². The number of rotatable bonds is 3. The molecule has 0 aromatic carbocycles. The summed E-state index contributed by atoms with van der Waals surface area (Å²) in [5.74, 6) is -0.0705. The molecule has 0 N–H and O–H groups in total. The zero-order chi connectivity index (χ0) is 14.8. The summed E-state index contributed by atoms with van der Waals surface area (Å²) in [6.07, 6.45) is 0. The first kappa shape index (κ1) is 15.3. The van der Waals surface area contributed by atoms with Gasteiger partial charge in [-0.25, -0.2) is 0 Å². The largest absolute Gasteiger partial charge is 0.339 e. The molecule has 108 valence electrons. The number of nitrogens with zero attached hydrogens (tertiary/aromatic N) is 3. The zero-order valence-electron chi connectivity index (χ0n) is 11.7. The molecule has 20 heavy (non-hydrogen) atoms. The lowest BCUT2D eigenvalue weighted by atomic mass is 9.93. The third kappa shape index (κ3) is 3.51. The summed E-state index contributed by atoms with van der Waals surface area (Å²) in [4.78, 5) is 17.5. The minimum atomic E-state index is -0.927. The molecule has 0 spiro atoms. The second-order valence-electron chi connectivity index (χ2n) is 5.51. The van der Waals surface area contributed by atoms with Crippen molar-refractivity contribution < 1.29 is 4.79 Å². The van der Waals surface area contributed by atoms with Gasteiger partial charge in [0, 0.05) is 37.6 Å². The van der Waals surface area contributed by atoms with Crippen molar-refractivity contribution in [1.82, 2.24) is 9.80 Å². The van der Waals surface area contributed by atoms with Crippen LogP contribution in [0.5, 0.6) is 0 Å². The lowest BCUT2D eigenvalue weighted by Gasteiger charge is -2.36. The number of carbonyl (C=O) groups is 1. The van der Waals surface area contributed by atoms with E-state index in [2.05, 4.69) is 11.0 Å². The lowest BCUT2D eigenvalue weighted by Crippen LogP contribution is -2.51. The van der Waals surface area contributed by atoms with Gasteiger partial charge in [0.05, 0.1) is 10.4 Å². The monoisotopic (exact) mass is 311 g/mol. The maximum atomic E-state index is 12.2. The third-order valence-corrected chi connectivity index (χ3v) is 4.70. The maximum absolute atomic E-state index is 12.2. The van der Waals surface area contributed by atoms with Gasteiger partial charge in [-0.2, -0.15) is 5.26 Å². The van der Waals surface area contributed by atoms with Crippen LogP contribution in [0.25, 0.3) is 0 Å². The Morgan fingerprint density at radius 2 is 2.05 bits per heavy atom. The molecule has 2 rings (SSSR count). The average molecular weight is 312 g/mol. The van der Waals surface area contributed by atoms with E-state index in [0.717, 1.165) is 24.0 Å². The molecule has 0 bridgehead atoms. The van der Waals surface area contributed by atoms with Gasteiger partial charge in [0.2, 0.25) is 5.91 Å². The van der Waals surface area contributed by atoms with Crippen LogP contribution in [0.15, 0.2) is 12.1 Å². The molecule has 1 aromatic heterocycles. The van der Waals surface area contributed by atoms with Crippen LogP contribution in [0.1, 0.15) is 18.7 Å². The molecular weight excluding hydrogens is 294 g/mol. The first-order valence-electron chi connectivity index (χ1n) is 6.59. The van der Waals surface area contributed by atoms with Crippen LogP contribution in [0.2, 0.25) is 4.34 Å². The van der Waals surface area contributed by atoms with Gasteiger partial charge in [-0.05, 0) is 26.0 Å². The fourth-order valence-electron chi connectivity index (χ4n) is 2.21. The molecule has 0 saturated carbocycles. The van der Waals surface area contributed by atoms with Crippen LogP contribution in [0.4, 0.5) is 0 Å². The van der Waals surface area contributed by atoms with Crippen molar-refractivity contribution in [2.75, 3.05) is 26.2 Å². The normalized spacial score (nSPS) is 17.0. The van der Waals surface area contributed by atoms with Crippen molar-refractivity contribution in [2.24, 2.45) is 5.41 Å². The number of thiophene rings is 1. The second-order valence-corrected chi connectivity index (χ2v) is 7.31. The Kier molecular flexibility index (Phi) is 4.69. The van der Waals surface area contributed by atoms with Crippen molar-refractivity contribution in [1.29, 1.82) is 5.26 Å². The minimum Gasteiger partial charge on any atom is -0.339 e. The summed E-state index contributed by atoms with van der Waals surface area (Å²) in [6, 6.07) is 6.03. The molecule has 0 radical (unpaired) electrons. The number of halogens is 1. The molecule has 0 atom stereocenters. The highest BCUT2D eigenvalue weighted by Gasteiger charge is 2.33. The van der Waals surface area contributed by atoms with Gasteiger partial charge in [-0.3, -0.25) is 9.69 Å². The van der Waals surface area contributed by atoms with Crippen molar-refractivity contribution in [3.8, 4) is 6.07 Å². The number of piperazine rings is 1. The molecule has 1 aromatic rings. The van der Waals surface area contributed by atoms with Crippen LogP contribution >= 0.6 is 22.9 Å². The van der Waals surface area contributed by atoms with Gasteiger partial charge in [-0.15, -0.1) is 11.3 Å². The Morgan fingerprint density at radius 1 is 1.40 bits per heavy atom. The van der Waals surface area contributed by atoms with E-state index in [-0.39, 0.29) is 5.91 Å². The quantitative estimate of drug-likeness (QED) is 0.862. The Balaban J connectivity index is 1.87. The van der Waals surface area contributed by atoms with Crippen LogP contribution in [-0.2, 0) is 11.3 Å². The van der Waals surface area contributed by atoms with Gasteiger partial charge in [0.1, 0.15) is 5.41 Å². The van der Waals surface area contributed by atoms with E-state index in [1.165, 1.54) is 4.88 Å². The maximum Gasteiger partial charge on any atom is 0.242 e. The van der Waals surface area contributed by atoms with Gasteiger partial charge in [-0.1, -0.05) is 11.6 Å². The molecule has 1 aliphatic rings. The highest BCUT2D eigenvalue weighted by molar-refractivity contribution is 7.16. The zero-order valence-corrected chi connectivity index (χ0v) is 13.3. The number of hydrogen-bond acceptors (Lipinski definition) is 4. The van der Waals surface area contributed by atoms with Gasteiger partial charge in [0.25, 0.3) is 0 Å². The van der Waals surface area contributed by atoms with E-state index >= 15 is 0 Å². The predicted octanol–water partition coefficient (Wildman–Crippen LogP) is 2.60. The molecule has 6 heteroatoms. The van der Waals surface area contributed by atoms with E-state index in [1.807, 2.05) is 12.1 Å². The SMILES string of the molecule is CC(C)(C#N)C(=O)N1CCN(Cc2ccc(Cl)s2)CC1. The second kappa shape index (κ2) is 6.13. The van der Waals surface area contributed by atoms with E-state index in [1.54, 1.807) is 30.1 Å². The van der Waals surface area contributed by atoms with E-state index < -0.39 is 5.41 Å². The first-order chi connectivity index (χ1) is 9.42. The van der Waals surface area contributed by atoms with Gasteiger partial charge >= 0.3 is 0 Å². The Morgan fingerprint density at radius 3 is 2.55 bits per heavy atom. The van der Waals surface area contributed by atoms with Crippen molar-refractivity contribution >= 4 is 28.8 Å². The summed E-state index contributed by atoms with van der Waals surface area (Å²) in [7, 11) is 0. The summed E-state index contributed by atoms with van der Waals surface area (Å²) in [6.45, 7) is 7.27. The smallest absolute Gasteiger partial charge is 0.242 e. The number of hydrogen-bond donors (Lipinski definition) is 0. The molecule has 1 saturated heterocycles. The molecule has 1 fully saturated rings. The molecule has 0 unspecified atom stereocenters. The Hall–Kier alpha value is -1.09.